The van der Waals surface area contributed by atoms with Gasteiger partial charge in [0.1, 0.15) is 11.1 Å². The third-order valence-corrected chi connectivity index (χ3v) is 4.95. The highest BCUT2D eigenvalue weighted by atomic mass is 32.1. The lowest BCUT2D eigenvalue weighted by atomic mass is 10.2. The highest BCUT2D eigenvalue weighted by molar-refractivity contribution is 7.11. The summed E-state index contributed by atoms with van der Waals surface area (Å²) in [6, 6.07) is 0. The van der Waals surface area contributed by atoms with Gasteiger partial charge >= 0.3 is 0 Å². The lowest BCUT2D eigenvalue weighted by molar-refractivity contribution is -0.0210. The average molecular weight is 281 g/mol. The SMILES string of the molecule is CCNCc1sc(C2CN(C)CCO2)nc1C1CC1. The number of hydrogen-bond donors (Lipinski definition) is 1. The Morgan fingerprint density at radius 3 is 3.00 bits per heavy atom. The van der Waals surface area contributed by atoms with Crippen LogP contribution in [0.1, 0.15) is 47.4 Å². The molecule has 2 heterocycles. The van der Waals surface area contributed by atoms with E-state index in [0.29, 0.717) is 0 Å². The molecule has 0 aromatic carbocycles. The first-order valence-electron chi connectivity index (χ1n) is 7.28. The van der Waals surface area contributed by atoms with Crippen LogP contribution in [0.15, 0.2) is 0 Å². The molecule has 1 atom stereocenters. The zero-order chi connectivity index (χ0) is 13.2. The van der Waals surface area contributed by atoms with E-state index < -0.39 is 0 Å². The standard InChI is InChI=1S/C14H23N3OS/c1-3-15-8-12-13(10-4-5-10)16-14(19-12)11-9-17(2)6-7-18-11/h10-11,15H,3-9H2,1-2H3. The molecule has 0 bridgehead atoms. The van der Waals surface area contributed by atoms with Crippen LogP contribution in [-0.2, 0) is 11.3 Å². The Hall–Kier alpha value is -0.490. The van der Waals surface area contributed by atoms with Gasteiger partial charge in [0.05, 0.1) is 12.3 Å². The normalized spacial score (nSPS) is 24.8. The Labute approximate surface area is 119 Å². The largest absolute Gasteiger partial charge is 0.368 e. The van der Waals surface area contributed by atoms with Crippen LogP contribution in [0.5, 0.6) is 0 Å². The van der Waals surface area contributed by atoms with Crippen LogP contribution in [0.4, 0.5) is 0 Å². The Bertz CT molecular complexity index is 430. The third kappa shape index (κ3) is 3.16. The monoisotopic (exact) mass is 281 g/mol. The van der Waals surface area contributed by atoms with Crippen LogP contribution in [0, 0.1) is 0 Å². The Morgan fingerprint density at radius 2 is 2.32 bits per heavy atom. The topological polar surface area (TPSA) is 37.4 Å². The van der Waals surface area contributed by atoms with Gasteiger partial charge in [-0.15, -0.1) is 11.3 Å². The van der Waals surface area contributed by atoms with E-state index in [2.05, 4.69) is 24.2 Å². The molecule has 2 aliphatic rings. The van der Waals surface area contributed by atoms with Gasteiger partial charge in [-0.1, -0.05) is 6.92 Å². The number of ether oxygens (including phenoxy) is 1. The fourth-order valence-electron chi connectivity index (χ4n) is 2.49. The lowest BCUT2D eigenvalue weighted by Crippen LogP contribution is -2.35. The molecule has 1 aromatic heterocycles. The van der Waals surface area contributed by atoms with Crippen molar-refractivity contribution in [1.82, 2.24) is 15.2 Å². The molecular weight excluding hydrogens is 258 g/mol. The second kappa shape index (κ2) is 5.87. The molecule has 1 aliphatic heterocycles. The van der Waals surface area contributed by atoms with Crippen molar-refractivity contribution >= 4 is 11.3 Å². The summed E-state index contributed by atoms with van der Waals surface area (Å²) in [6.45, 7) is 6.95. The molecule has 106 valence electrons. The molecule has 0 radical (unpaired) electrons. The molecule has 1 aliphatic carbocycles. The Morgan fingerprint density at radius 1 is 1.47 bits per heavy atom. The van der Waals surface area contributed by atoms with Crippen molar-refractivity contribution in [3.05, 3.63) is 15.6 Å². The van der Waals surface area contributed by atoms with E-state index in [1.54, 1.807) is 0 Å². The molecule has 1 unspecified atom stereocenters. The van der Waals surface area contributed by atoms with Gasteiger partial charge in [-0.3, -0.25) is 0 Å². The van der Waals surface area contributed by atoms with Crippen molar-refractivity contribution < 1.29 is 4.74 Å². The van der Waals surface area contributed by atoms with Gasteiger partial charge in [-0.05, 0) is 26.4 Å². The quantitative estimate of drug-likeness (QED) is 0.897. The van der Waals surface area contributed by atoms with Gasteiger partial charge in [0.2, 0.25) is 0 Å². The number of likely N-dealkylation sites (N-methyl/N-ethyl adjacent to an activating group) is 1. The maximum absolute atomic E-state index is 5.89. The summed E-state index contributed by atoms with van der Waals surface area (Å²) < 4.78 is 5.89. The van der Waals surface area contributed by atoms with Gasteiger partial charge in [0.15, 0.2) is 0 Å². The van der Waals surface area contributed by atoms with Crippen molar-refractivity contribution in [3.63, 3.8) is 0 Å². The molecule has 3 rings (SSSR count). The number of thiazole rings is 1. The summed E-state index contributed by atoms with van der Waals surface area (Å²) in [5.74, 6) is 0.722. The van der Waals surface area contributed by atoms with Crippen LogP contribution < -0.4 is 5.32 Å². The van der Waals surface area contributed by atoms with Crippen LogP contribution >= 0.6 is 11.3 Å². The van der Waals surface area contributed by atoms with E-state index in [1.165, 1.54) is 28.4 Å². The van der Waals surface area contributed by atoms with Gasteiger partial charge in [0.25, 0.3) is 0 Å². The minimum absolute atomic E-state index is 0.177. The summed E-state index contributed by atoms with van der Waals surface area (Å²) >= 11 is 1.85. The zero-order valence-corrected chi connectivity index (χ0v) is 12.6. The molecule has 0 amide bonds. The summed E-state index contributed by atoms with van der Waals surface area (Å²) in [5.41, 5.74) is 1.35. The number of morpholine rings is 1. The number of rotatable bonds is 5. The first-order chi connectivity index (χ1) is 9.28. The molecule has 19 heavy (non-hydrogen) atoms. The minimum atomic E-state index is 0.177. The van der Waals surface area contributed by atoms with Crippen molar-refractivity contribution in [3.8, 4) is 0 Å². The van der Waals surface area contributed by atoms with E-state index >= 15 is 0 Å². The molecule has 2 fully saturated rings. The Kier molecular flexibility index (Phi) is 4.17. The van der Waals surface area contributed by atoms with Crippen molar-refractivity contribution in [2.45, 2.75) is 38.3 Å². The van der Waals surface area contributed by atoms with Crippen LogP contribution in [0.2, 0.25) is 0 Å². The van der Waals surface area contributed by atoms with Gasteiger partial charge in [-0.2, -0.15) is 0 Å². The zero-order valence-electron chi connectivity index (χ0n) is 11.8. The van der Waals surface area contributed by atoms with Gasteiger partial charge in [0, 0.05) is 30.4 Å². The molecule has 1 aromatic rings. The smallest absolute Gasteiger partial charge is 0.123 e. The fraction of sp³-hybridized carbons (Fsp3) is 0.786. The summed E-state index contributed by atoms with van der Waals surface area (Å²) in [5, 5.41) is 4.61. The maximum Gasteiger partial charge on any atom is 0.123 e. The first-order valence-corrected chi connectivity index (χ1v) is 8.10. The van der Waals surface area contributed by atoms with Crippen LogP contribution in [-0.4, -0.2) is 43.2 Å². The predicted octanol–water partition coefficient (Wildman–Crippen LogP) is 2.13. The number of nitrogens with zero attached hydrogens (tertiary/aromatic N) is 2. The molecular formula is C14H23N3OS. The van der Waals surface area contributed by atoms with E-state index in [1.807, 2.05) is 11.3 Å². The molecule has 1 N–H and O–H groups in total. The highest BCUT2D eigenvalue weighted by Crippen LogP contribution is 2.43. The first kappa shape index (κ1) is 13.5. The highest BCUT2D eigenvalue weighted by Gasteiger charge is 2.31. The summed E-state index contributed by atoms with van der Waals surface area (Å²) in [6.07, 6.45) is 2.80. The van der Waals surface area contributed by atoms with Crippen molar-refractivity contribution in [1.29, 1.82) is 0 Å². The summed E-state index contributed by atoms with van der Waals surface area (Å²) in [4.78, 5) is 8.67. The predicted molar refractivity (Wildman–Crippen MR) is 77.7 cm³/mol. The van der Waals surface area contributed by atoms with Gasteiger partial charge in [-0.25, -0.2) is 4.98 Å². The van der Waals surface area contributed by atoms with E-state index in [9.17, 15) is 0 Å². The summed E-state index contributed by atoms with van der Waals surface area (Å²) in [7, 11) is 2.16. The van der Waals surface area contributed by atoms with E-state index in [4.69, 9.17) is 9.72 Å². The van der Waals surface area contributed by atoms with Crippen molar-refractivity contribution in [2.75, 3.05) is 33.3 Å². The number of hydrogen-bond acceptors (Lipinski definition) is 5. The third-order valence-electron chi connectivity index (χ3n) is 3.79. The Balaban J connectivity index is 1.77. The fourth-order valence-corrected chi connectivity index (χ4v) is 3.65. The molecule has 0 spiro atoms. The molecule has 1 saturated heterocycles. The van der Waals surface area contributed by atoms with E-state index in [0.717, 1.165) is 38.7 Å². The second-order valence-electron chi connectivity index (χ2n) is 5.54. The number of aromatic nitrogens is 1. The average Bonchev–Trinajstić information content (AvgIpc) is 3.17. The molecule has 5 heteroatoms. The van der Waals surface area contributed by atoms with Crippen LogP contribution in [0.25, 0.3) is 0 Å². The molecule has 1 saturated carbocycles. The van der Waals surface area contributed by atoms with Crippen molar-refractivity contribution in [2.24, 2.45) is 0 Å². The lowest BCUT2D eigenvalue weighted by Gasteiger charge is -2.28. The second-order valence-corrected chi connectivity index (χ2v) is 6.65. The van der Waals surface area contributed by atoms with Crippen LogP contribution in [0.3, 0.4) is 0 Å². The molecule has 4 nitrogen and oxygen atoms in total. The minimum Gasteiger partial charge on any atom is -0.368 e. The number of nitrogens with one attached hydrogen (secondary N) is 1. The van der Waals surface area contributed by atoms with Gasteiger partial charge < -0.3 is 15.0 Å². The maximum atomic E-state index is 5.89. The van der Waals surface area contributed by atoms with E-state index in [-0.39, 0.29) is 6.10 Å².